The van der Waals surface area contributed by atoms with E-state index in [1.165, 1.54) is 0 Å². The van der Waals surface area contributed by atoms with Gasteiger partial charge in [-0.3, -0.25) is 4.79 Å². The molecule has 21 heavy (non-hydrogen) atoms. The van der Waals surface area contributed by atoms with Gasteiger partial charge >= 0.3 is 0 Å². The molecule has 0 radical (unpaired) electrons. The minimum absolute atomic E-state index is 0.111. The minimum atomic E-state index is -0.229. The fraction of sp³-hybridized carbons (Fsp3) is 0.176. The maximum atomic E-state index is 12.1. The first-order valence-corrected chi connectivity index (χ1v) is 6.87. The number of aryl methyl sites for hydroxylation is 1. The van der Waals surface area contributed by atoms with Crippen LogP contribution in [0.1, 0.15) is 34.8 Å². The SMILES string of the molecule is Cc1cc(C(=O)N[C@@H](C)c2cccc3ccccc23)no1. The fourth-order valence-electron chi connectivity index (χ4n) is 2.45. The Morgan fingerprint density at radius 1 is 1.19 bits per heavy atom. The summed E-state index contributed by atoms with van der Waals surface area (Å²) in [7, 11) is 0. The van der Waals surface area contributed by atoms with Gasteiger partial charge in [0.15, 0.2) is 5.69 Å². The molecule has 3 aromatic rings. The van der Waals surface area contributed by atoms with Gasteiger partial charge in [0.2, 0.25) is 0 Å². The van der Waals surface area contributed by atoms with Gasteiger partial charge in [0.25, 0.3) is 5.91 Å². The van der Waals surface area contributed by atoms with E-state index >= 15 is 0 Å². The molecule has 4 heteroatoms. The van der Waals surface area contributed by atoms with Gasteiger partial charge in [0.05, 0.1) is 6.04 Å². The molecule has 0 saturated heterocycles. The Balaban J connectivity index is 1.87. The van der Waals surface area contributed by atoms with E-state index in [-0.39, 0.29) is 11.9 Å². The number of rotatable bonds is 3. The first kappa shape index (κ1) is 13.4. The van der Waals surface area contributed by atoms with Crippen molar-refractivity contribution in [2.24, 2.45) is 0 Å². The van der Waals surface area contributed by atoms with Gasteiger partial charge in [-0.05, 0) is 30.2 Å². The zero-order valence-electron chi connectivity index (χ0n) is 12.0. The molecule has 1 heterocycles. The number of hydrogen-bond donors (Lipinski definition) is 1. The quantitative estimate of drug-likeness (QED) is 0.797. The van der Waals surface area contributed by atoms with E-state index < -0.39 is 0 Å². The van der Waals surface area contributed by atoms with Crippen molar-refractivity contribution in [3.05, 3.63) is 65.5 Å². The summed E-state index contributed by atoms with van der Waals surface area (Å²) in [4.78, 5) is 12.1. The van der Waals surface area contributed by atoms with Gasteiger partial charge in [-0.25, -0.2) is 0 Å². The van der Waals surface area contributed by atoms with Crippen LogP contribution in [0.5, 0.6) is 0 Å². The van der Waals surface area contributed by atoms with Crippen molar-refractivity contribution in [3.63, 3.8) is 0 Å². The first-order valence-electron chi connectivity index (χ1n) is 6.87. The van der Waals surface area contributed by atoms with Gasteiger partial charge in [-0.15, -0.1) is 0 Å². The van der Waals surface area contributed by atoms with E-state index in [1.807, 2.05) is 31.2 Å². The number of carbonyl (C=O) groups is 1. The van der Waals surface area contributed by atoms with Crippen molar-refractivity contribution in [2.75, 3.05) is 0 Å². The van der Waals surface area contributed by atoms with Crippen LogP contribution >= 0.6 is 0 Å². The number of amides is 1. The molecule has 0 aliphatic heterocycles. The molecule has 2 aromatic carbocycles. The predicted molar refractivity (Wildman–Crippen MR) is 81.1 cm³/mol. The number of nitrogens with zero attached hydrogens (tertiary/aromatic N) is 1. The number of benzene rings is 2. The lowest BCUT2D eigenvalue weighted by Gasteiger charge is -2.15. The second kappa shape index (κ2) is 5.40. The molecule has 0 aliphatic rings. The fourth-order valence-corrected chi connectivity index (χ4v) is 2.45. The molecule has 1 amide bonds. The number of nitrogens with one attached hydrogen (secondary N) is 1. The van der Waals surface area contributed by atoms with Crippen molar-refractivity contribution >= 4 is 16.7 Å². The highest BCUT2D eigenvalue weighted by Gasteiger charge is 2.16. The van der Waals surface area contributed by atoms with Gasteiger partial charge < -0.3 is 9.84 Å². The molecule has 0 saturated carbocycles. The van der Waals surface area contributed by atoms with E-state index in [0.29, 0.717) is 11.5 Å². The Hall–Kier alpha value is -2.62. The highest BCUT2D eigenvalue weighted by molar-refractivity contribution is 5.93. The lowest BCUT2D eigenvalue weighted by atomic mass is 9.99. The molecular weight excluding hydrogens is 264 g/mol. The summed E-state index contributed by atoms with van der Waals surface area (Å²) in [6, 6.07) is 15.7. The summed E-state index contributed by atoms with van der Waals surface area (Å²) in [5.74, 6) is 0.394. The second-order valence-corrected chi connectivity index (χ2v) is 5.09. The Labute approximate surface area is 122 Å². The highest BCUT2D eigenvalue weighted by atomic mass is 16.5. The summed E-state index contributed by atoms with van der Waals surface area (Å²) >= 11 is 0. The van der Waals surface area contributed by atoms with Crippen molar-refractivity contribution < 1.29 is 9.32 Å². The van der Waals surface area contributed by atoms with Crippen LogP contribution in [0.3, 0.4) is 0 Å². The van der Waals surface area contributed by atoms with Crippen LogP contribution in [0, 0.1) is 6.92 Å². The maximum Gasteiger partial charge on any atom is 0.273 e. The van der Waals surface area contributed by atoms with Gasteiger partial charge in [0, 0.05) is 6.07 Å². The van der Waals surface area contributed by atoms with Crippen LogP contribution in [-0.4, -0.2) is 11.1 Å². The molecule has 1 N–H and O–H groups in total. The Kier molecular flexibility index (Phi) is 3.44. The van der Waals surface area contributed by atoms with E-state index in [9.17, 15) is 4.79 Å². The van der Waals surface area contributed by atoms with Crippen LogP contribution in [-0.2, 0) is 0 Å². The minimum Gasteiger partial charge on any atom is -0.361 e. The zero-order valence-corrected chi connectivity index (χ0v) is 12.0. The predicted octanol–water partition coefficient (Wildman–Crippen LogP) is 3.63. The molecule has 3 rings (SSSR count). The third kappa shape index (κ3) is 2.65. The molecule has 106 valence electrons. The highest BCUT2D eigenvalue weighted by Crippen LogP contribution is 2.24. The van der Waals surface area contributed by atoms with Crippen LogP contribution < -0.4 is 5.32 Å². The summed E-state index contributed by atoms with van der Waals surface area (Å²) in [5, 5.41) is 9.00. The average Bonchev–Trinajstić information content (AvgIpc) is 2.93. The topological polar surface area (TPSA) is 55.1 Å². The van der Waals surface area contributed by atoms with Gasteiger partial charge in [-0.1, -0.05) is 47.6 Å². The second-order valence-electron chi connectivity index (χ2n) is 5.09. The van der Waals surface area contributed by atoms with Crippen molar-refractivity contribution in [2.45, 2.75) is 19.9 Å². The Morgan fingerprint density at radius 2 is 1.95 bits per heavy atom. The van der Waals surface area contributed by atoms with E-state index in [0.717, 1.165) is 16.3 Å². The van der Waals surface area contributed by atoms with Crippen molar-refractivity contribution in [3.8, 4) is 0 Å². The van der Waals surface area contributed by atoms with E-state index in [4.69, 9.17) is 4.52 Å². The molecule has 4 nitrogen and oxygen atoms in total. The van der Waals surface area contributed by atoms with Crippen LogP contribution in [0.15, 0.2) is 53.1 Å². The zero-order chi connectivity index (χ0) is 14.8. The molecule has 1 aromatic heterocycles. The molecule has 0 spiro atoms. The number of hydrogen-bond acceptors (Lipinski definition) is 3. The summed E-state index contributed by atoms with van der Waals surface area (Å²) in [6.45, 7) is 3.73. The Bertz CT molecular complexity index is 787. The van der Waals surface area contributed by atoms with E-state index in [1.54, 1.807) is 13.0 Å². The summed E-state index contributed by atoms with van der Waals surface area (Å²) in [5.41, 5.74) is 1.39. The number of carbonyl (C=O) groups excluding carboxylic acids is 1. The molecule has 0 unspecified atom stereocenters. The average molecular weight is 280 g/mol. The monoisotopic (exact) mass is 280 g/mol. The van der Waals surface area contributed by atoms with Crippen LogP contribution in [0.2, 0.25) is 0 Å². The lowest BCUT2D eigenvalue weighted by molar-refractivity contribution is 0.0931. The van der Waals surface area contributed by atoms with Crippen molar-refractivity contribution in [1.82, 2.24) is 10.5 Å². The van der Waals surface area contributed by atoms with Crippen LogP contribution in [0.4, 0.5) is 0 Å². The van der Waals surface area contributed by atoms with Crippen LogP contribution in [0.25, 0.3) is 10.8 Å². The number of fused-ring (bicyclic) bond motifs is 1. The largest absolute Gasteiger partial charge is 0.361 e. The normalized spacial score (nSPS) is 12.3. The van der Waals surface area contributed by atoms with E-state index in [2.05, 4.69) is 28.7 Å². The maximum absolute atomic E-state index is 12.1. The molecule has 0 fully saturated rings. The van der Waals surface area contributed by atoms with Crippen molar-refractivity contribution in [1.29, 1.82) is 0 Å². The lowest BCUT2D eigenvalue weighted by Crippen LogP contribution is -2.27. The first-order chi connectivity index (χ1) is 10.1. The molecule has 0 bridgehead atoms. The Morgan fingerprint density at radius 3 is 2.71 bits per heavy atom. The third-order valence-corrected chi connectivity index (χ3v) is 3.50. The molecule has 0 aliphatic carbocycles. The number of aromatic nitrogens is 1. The third-order valence-electron chi connectivity index (χ3n) is 3.50. The standard InChI is InChI=1S/C17H16N2O2/c1-11-10-16(19-21-11)17(20)18-12(2)14-9-5-7-13-6-3-4-8-15(13)14/h3-10,12H,1-2H3,(H,18,20)/t12-/m0/s1. The smallest absolute Gasteiger partial charge is 0.273 e. The molecular formula is C17H16N2O2. The summed E-state index contributed by atoms with van der Waals surface area (Å²) < 4.78 is 4.93. The summed E-state index contributed by atoms with van der Waals surface area (Å²) in [6.07, 6.45) is 0. The van der Waals surface area contributed by atoms with Gasteiger partial charge in [0.1, 0.15) is 5.76 Å². The van der Waals surface area contributed by atoms with Gasteiger partial charge in [-0.2, -0.15) is 0 Å². The molecule has 1 atom stereocenters.